The fourth-order valence-electron chi connectivity index (χ4n) is 1.05. The monoisotopic (exact) mass is 166 g/mol. The Morgan fingerprint density at radius 1 is 1.75 bits per heavy atom. The van der Waals surface area contributed by atoms with E-state index in [0.29, 0.717) is 18.5 Å². The highest BCUT2D eigenvalue weighted by molar-refractivity contribution is 5.90. The SMILES string of the molecule is CCOC(=O)C1C=CC=C1C=O. The highest BCUT2D eigenvalue weighted by Gasteiger charge is 2.23. The van der Waals surface area contributed by atoms with Gasteiger partial charge in [-0.15, -0.1) is 0 Å². The lowest BCUT2D eigenvalue weighted by molar-refractivity contribution is -0.145. The molecule has 0 aromatic carbocycles. The second-order valence-corrected chi connectivity index (χ2v) is 2.40. The van der Waals surface area contributed by atoms with Crippen LogP contribution in [0.2, 0.25) is 0 Å². The molecule has 3 nitrogen and oxygen atoms in total. The summed E-state index contributed by atoms with van der Waals surface area (Å²) in [6.07, 6.45) is 5.64. The van der Waals surface area contributed by atoms with Crippen LogP contribution in [0.1, 0.15) is 6.92 Å². The summed E-state index contributed by atoms with van der Waals surface area (Å²) in [4.78, 5) is 21.6. The first-order chi connectivity index (χ1) is 5.79. The van der Waals surface area contributed by atoms with E-state index in [9.17, 15) is 9.59 Å². The van der Waals surface area contributed by atoms with E-state index >= 15 is 0 Å². The lowest BCUT2D eigenvalue weighted by atomic mass is 10.1. The Hall–Kier alpha value is -1.38. The number of hydrogen-bond acceptors (Lipinski definition) is 3. The average molecular weight is 166 g/mol. The molecule has 1 unspecified atom stereocenters. The summed E-state index contributed by atoms with van der Waals surface area (Å²) in [5.41, 5.74) is 0.466. The van der Waals surface area contributed by atoms with Gasteiger partial charge >= 0.3 is 5.97 Å². The van der Waals surface area contributed by atoms with Crippen molar-refractivity contribution in [1.29, 1.82) is 0 Å². The molecular weight excluding hydrogens is 156 g/mol. The standard InChI is InChI=1S/C9H10O3/c1-2-12-9(11)8-5-3-4-7(8)6-10/h3-6,8H,2H2,1H3. The van der Waals surface area contributed by atoms with Crippen LogP contribution in [0.15, 0.2) is 23.8 Å². The fourth-order valence-corrected chi connectivity index (χ4v) is 1.05. The van der Waals surface area contributed by atoms with Gasteiger partial charge in [-0.3, -0.25) is 9.59 Å². The molecule has 1 aliphatic rings. The van der Waals surface area contributed by atoms with Gasteiger partial charge in [0.2, 0.25) is 0 Å². The summed E-state index contributed by atoms with van der Waals surface area (Å²) in [5.74, 6) is -0.841. The molecule has 3 heteroatoms. The summed E-state index contributed by atoms with van der Waals surface area (Å²) in [5, 5.41) is 0. The number of rotatable bonds is 3. The largest absolute Gasteiger partial charge is 0.465 e. The maximum atomic E-state index is 11.1. The van der Waals surface area contributed by atoms with Gasteiger partial charge in [-0.2, -0.15) is 0 Å². The number of esters is 1. The summed E-state index contributed by atoms with van der Waals surface area (Å²) < 4.78 is 4.77. The average Bonchev–Trinajstić information content (AvgIpc) is 2.51. The van der Waals surface area contributed by atoms with E-state index in [1.807, 2.05) is 0 Å². The van der Waals surface area contributed by atoms with Crippen LogP contribution in [0, 0.1) is 5.92 Å². The van der Waals surface area contributed by atoms with Gasteiger partial charge in [0.1, 0.15) is 12.2 Å². The quantitative estimate of drug-likeness (QED) is 0.461. The topological polar surface area (TPSA) is 43.4 Å². The Morgan fingerprint density at radius 2 is 2.50 bits per heavy atom. The number of ether oxygens (including phenoxy) is 1. The summed E-state index contributed by atoms with van der Waals surface area (Å²) in [6, 6.07) is 0. The molecule has 12 heavy (non-hydrogen) atoms. The third-order valence-electron chi connectivity index (χ3n) is 1.63. The molecule has 1 rings (SSSR count). The van der Waals surface area contributed by atoms with Gasteiger partial charge in [0.05, 0.1) is 6.61 Å². The number of aldehydes is 1. The van der Waals surface area contributed by atoms with Gasteiger partial charge in [-0.1, -0.05) is 18.2 Å². The van der Waals surface area contributed by atoms with Crippen molar-refractivity contribution >= 4 is 12.3 Å². The minimum Gasteiger partial charge on any atom is -0.465 e. The van der Waals surface area contributed by atoms with E-state index in [-0.39, 0.29) is 5.97 Å². The van der Waals surface area contributed by atoms with Gasteiger partial charge in [-0.25, -0.2) is 0 Å². The molecule has 0 aromatic heterocycles. The van der Waals surface area contributed by atoms with Crippen LogP contribution in [-0.4, -0.2) is 18.9 Å². The normalized spacial score (nSPS) is 20.4. The third-order valence-corrected chi connectivity index (χ3v) is 1.63. The van der Waals surface area contributed by atoms with Gasteiger partial charge in [0, 0.05) is 5.57 Å². The maximum absolute atomic E-state index is 11.1. The lowest BCUT2D eigenvalue weighted by Gasteiger charge is -2.07. The Balaban J connectivity index is 2.64. The first kappa shape index (κ1) is 8.71. The highest BCUT2D eigenvalue weighted by Crippen LogP contribution is 2.18. The zero-order chi connectivity index (χ0) is 8.97. The van der Waals surface area contributed by atoms with Crippen molar-refractivity contribution in [2.75, 3.05) is 6.61 Å². The molecule has 0 heterocycles. The minimum atomic E-state index is -0.484. The zero-order valence-corrected chi connectivity index (χ0v) is 6.82. The van der Waals surface area contributed by atoms with E-state index in [1.54, 1.807) is 25.2 Å². The number of allylic oxidation sites excluding steroid dienone is 2. The fraction of sp³-hybridized carbons (Fsp3) is 0.333. The molecule has 0 saturated heterocycles. The van der Waals surface area contributed by atoms with Gasteiger partial charge in [0.25, 0.3) is 0 Å². The van der Waals surface area contributed by atoms with Crippen LogP contribution in [0.25, 0.3) is 0 Å². The molecule has 0 spiro atoms. The lowest BCUT2D eigenvalue weighted by Crippen LogP contribution is -2.16. The molecule has 64 valence electrons. The molecule has 0 amide bonds. The van der Waals surface area contributed by atoms with Crippen molar-refractivity contribution in [2.45, 2.75) is 6.92 Å². The third kappa shape index (κ3) is 1.61. The van der Waals surface area contributed by atoms with E-state index in [2.05, 4.69) is 0 Å². The van der Waals surface area contributed by atoms with Crippen LogP contribution in [0.4, 0.5) is 0 Å². The number of hydrogen-bond donors (Lipinski definition) is 0. The number of carbonyl (C=O) groups is 2. The first-order valence-corrected chi connectivity index (χ1v) is 3.79. The zero-order valence-electron chi connectivity index (χ0n) is 6.82. The van der Waals surface area contributed by atoms with Crippen molar-refractivity contribution in [3.63, 3.8) is 0 Å². The predicted octanol–water partition coefficient (Wildman–Crippen LogP) is 0.861. The van der Waals surface area contributed by atoms with E-state index in [0.717, 1.165) is 0 Å². The minimum absolute atomic E-state index is 0.343. The van der Waals surface area contributed by atoms with Crippen LogP contribution in [0.3, 0.4) is 0 Å². The molecular formula is C9H10O3. The van der Waals surface area contributed by atoms with Gasteiger partial charge < -0.3 is 4.74 Å². The Labute approximate surface area is 70.7 Å². The molecule has 0 bridgehead atoms. The van der Waals surface area contributed by atoms with Crippen molar-refractivity contribution in [2.24, 2.45) is 5.92 Å². The Kier molecular flexibility index (Phi) is 2.80. The van der Waals surface area contributed by atoms with Crippen LogP contribution < -0.4 is 0 Å². The molecule has 1 atom stereocenters. The number of carbonyl (C=O) groups excluding carboxylic acids is 2. The molecule has 0 radical (unpaired) electrons. The van der Waals surface area contributed by atoms with Crippen LogP contribution in [0.5, 0.6) is 0 Å². The summed E-state index contributed by atoms with van der Waals surface area (Å²) in [6.45, 7) is 2.08. The van der Waals surface area contributed by atoms with Crippen LogP contribution in [-0.2, 0) is 14.3 Å². The van der Waals surface area contributed by atoms with Gasteiger partial charge in [0.15, 0.2) is 0 Å². The second kappa shape index (κ2) is 3.85. The molecule has 0 aromatic rings. The summed E-state index contributed by atoms with van der Waals surface area (Å²) >= 11 is 0. The predicted molar refractivity (Wildman–Crippen MR) is 43.4 cm³/mol. The summed E-state index contributed by atoms with van der Waals surface area (Å²) in [7, 11) is 0. The van der Waals surface area contributed by atoms with E-state index in [1.165, 1.54) is 0 Å². The molecule has 0 fully saturated rings. The van der Waals surface area contributed by atoms with Crippen molar-refractivity contribution in [3.05, 3.63) is 23.8 Å². The van der Waals surface area contributed by atoms with Crippen molar-refractivity contribution in [1.82, 2.24) is 0 Å². The van der Waals surface area contributed by atoms with Gasteiger partial charge in [-0.05, 0) is 6.92 Å². The highest BCUT2D eigenvalue weighted by atomic mass is 16.5. The maximum Gasteiger partial charge on any atom is 0.317 e. The first-order valence-electron chi connectivity index (χ1n) is 3.79. The molecule has 0 N–H and O–H groups in total. The second-order valence-electron chi connectivity index (χ2n) is 2.40. The Bertz CT molecular complexity index is 250. The molecule has 1 aliphatic carbocycles. The van der Waals surface area contributed by atoms with E-state index < -0.39 is 5.92 Å². The van der Waals surface area contributed by atoms with Crippen molar-refractivity contribution < 1.29 is 14.3 Å². The van der Waals surface area contributed by atoms with Crippen molar-refractivity contribution in [3.8, 4) is 0 Å². The Morgan fingerprint density at radius 3 is 3.08 bits per heavy atom. The molecule has 0 aliphatic heterocycles. The smallest absolute Gasteiger partial charge is 0.317 e. The van der Waals surface area contributed by atoms with Crippen LogP contribution >= 0.6 is 0 Å². The van der Waals surface area contributed by atoms with E-state index in [4.69, 9.17) is 4.74 Å². The molecule has 0 saturated carbocycles.